The molecule has 4 rings (SSSR count). The summed E-state index contributed by atoms with van der Waals surface area (Å²) in [5, 5.41) is 4.11. The summed E-state index contributed by atoms with van der Waals surface area (Å²) in [6.07, 6.45) is 0. The van der Waals surface area contributed by atoms with Crippen molar-refractivity contribution in [1.82, 2.24) is 19.9 Å². The van der Waals surface area contributed by atoms with Crippen LogP contribution in [0.4, 0.5) is 0 Å². The topological polar surface area (TPSA) is 62.5 Å². The van der Waals surface area contributed by atoms with Crippen molar-refractivity contribution in [3.63, 3.8) is 0 Å². The molecule has 2 aromatic carbocycles. The van der Waals surface area contributed by atoms with Crippen molar-refractivity contribution < 1.29 is 9.32 Å². The fourth-order valence-corrected chi connectivity index (χ4v) is 3.34. The maximum absolute atomic E-state index is 12.6. The monoisotopic (exact) mass is 362 g/mol. The fraction of sp³-hybridized carbons (Fsp3) is 0.286. The van der Waals surface area contributed by atoms with Gasteiger partial charge in [0.15, 0.2) is 0 Å². The molecule has 1 fully saturated rings. The first-order valence-electron chi connectivity index (χ1n) is 9.20. The van der Waals surface area contributed by atoms with Gasteiger partial charge in [-0.25, -0.2) is 0 Å². The highest BCUT2D eigenvalue weighted by molar-refractivity contribution is 5.94. The number of carbonyl (C=O) groups is 1. The minimum atomic E-state index is 0.0175. The molecular weight excluding hydrogens is 340 g/mol. The lowest BCUT2D eigenvalue weighted by molar-refractivity contribution is 0.0551. The van der Waals surface area contributed by atoms with Crippen molar-refractivity contribution in [2.45, 2.75) is 13.0 Å². The molecule has 0 radical (unpaired) electrons. The Morgan fingerprint density at radius 2 is 1.59 bits per heavy atom. The highest BCUT2D eigenvalue weighted by Gasteiger charge is 2.28. The smallest absolute Gasteiger partial charge is 0.253 e. The van der Waals surface area contributed by atoms with Crippen LogP contribution in [0.3, 0.4) is 0 Å². The van der Waals surface area contributed by atoms with Gasteiger partial charge in [-0.1, -0.05) is 53.7 Å². The lowest BCUT2D eigenvalue weighted by Gasteiger charge is -2.36. The summed E-state index contributed by atoms with van der Waals surface area (Å²) in [4.78, 5) is 21.3. The molecule has 27 heavy (non-hydrogen) atoms. The lowest BCUT2D eigenvalue weighted by atomic mass is 10.1. The highest BCUT2D eigenvalue weighted by atomic mass is 16.5. The Bertz CT molecular complexity index is 887. The van der Waals surface area contributed by atoms with Gasteiger partial charge in [0.1, 0.15) is 0 Å². The second-order valence-electron chi connectivity index (χ2n) is 6.69. The van der Waals surface area contributed by atoms with Gasteiger partial charge < -0.3 is 9.42 Å². The third-order valence-electron chi connectivity index (χ3n) is 5.00. The van der Waals surface area contributed by atoms with Gasteiger partial charge in [-0.15, -0.1) is 0 Å². The average molecular weight is 362 g/mol. The number of hydrogen-bond acceptors (Lipinski definition) is 5. The number of carbonyl (C=O) groups excluding carboxylic acids is 1. The van der Waals surface area contributed by atoms with Crippen LogP contribution in [0.1, 0.15) is 29.2 Å². The minimum Gasteiger partial charge on any atom is -0.337 e. The summed E-state index contributed by atoms with van der Waals surface area (Å²) < 4.78 is 5.49. The number of piperazine rings is 1. The first kappa shape index (κ1) is 17.4. The van der Waals surface area contributed by atoms with E-state index in [1.54, 1.807) is 0 Å². The third kappa shape index (κ3) is 3.75. The molecule has 1 aliphatic rings. The van der Waals surface area contributed by atoms with Crippen molar-refractivity contribution in [3.05, 3.63) is 72.1 Å². The van der Waals surface area contributed by atoms with Crippen LogP contribution < -0.4 is 0 Å². The molecule has 0 saturated carbocycles. The molecule has 1 atom stereocenters. The van der Waals surface area contributed by atoms with E-state index in [0.717, 1.165) is 24.2 Å². The molecule has 0 bridgehead atoms. The third-order valence-corrected chi connectivity index (χ3v) is 5.00. The Kier molecular flexibility index (Phi) is 4.98. The Morgan fingerprint density at radius 3 is 2.26 bits per heavy atom. The maximum atomic E-state index is 12.6. The zero-order valence-electron chi connectivity index (χ0n) is 15.3. The predicted octanol–water partition coefficient (Wildman–Crippen LogP) is 3.26. The van der Waals surface area contributed by atoms with Gasteiger partial charge in [0.2, 0.25) is 11.7 Å². The Morgan fingerprint density at radius 1 is 0.963 bits per heavy atom. The van der Waals surface area contributed by atoms with Crippen LogP contribution in [0, 0.1) is 0 Å². The zero-order valence-corrected chi connectivity index (χ0v) is 15.3. The van der Waals surface area contributed by atoms with Gasteiger partial charge >= 0.3 is 0 Å². The van der Waals surface area contributed by atoms with E-state index in [-0.39, 0.29) is 11.9 Å². The van der Waals surface area contributed by atoms with Crippen molar-refractivity contribution in [2.24, 2.45) is 0 Å². The summed E-state index contributed by atoms with van der Waals surface area (Å²) in [6, 6.07) is 19.3. The van der Waals surface area contributed by atoms with Crippen molar-refractivity contribution in [2.75, 3.05) is 26.2 Å². The highest BCUT2D eigenvalue weighted by Crippen LogP contribution is 2.23. The Balaban J connectivity index is 1.38. The number of nitrogens with zero attached hydrogens (tertiary/aromatic N) is 4. The van der Waals surface area contributed by atoms with E-state index < -0.39 is 0 Å². The quantitative estimate of drug-likeness (QED) is 0.713. The molecule has 3 aromatic rings. The van der Waals surface area contributed by atoms with Crippen LogP contribution in [0.15, 0.2) is 65.2 Å². The van der Waals surface area contributed by atoms with Crippen LogP contribution in [0.2, 0.25) is 0 Å². The minimum absolute atomic E-state index is 0.0175. The summed E-state index contributed by atoms with van der Waals surface area (Å²) in [5.41, 5.74) is 1.68. The number of aromatic nitrogens is 2. The second-order valence-corrected chi connectivity index (χ2v) is 6.69. The summed E-state index contributed by atoms with van der Waals surface area (Å²) in [7, 11) is 0. The molecular formula is C21H22N4O2. The molecule has 0 unspecified atom stereocenters. The Hall–Kier alpha value is -2.99. The first-order chi connectivity index (χ1) is 13.2. The van der Waals surface area contributed by atoms with Gasteiger partial charge in [-0.05, 0) is 19.1 Å². The molecule has 0 spiro atoms. The molecule has 6 nitrogen and oxygen atoms in total. The van der Waals surface area contributed by atoms with Crippen LogP contribution in [0.5, 0.6) is 0 Å². The Labute approximate surface area is 158 Å². The van der Waals surface area contributed by atoms with E-state index in [9.17, 15) is 4.79 Å². The molecule has 6 heteroatoms. The van der Waals surface area contributed by atoms with Crippen LogP contribution in [-0.2, 0) is 0 Å². The maximum Gasteiger partial charge on any atom is 0.253 e. The van der Waals surface area contributed by atoms with E-state index in [1.807, 2.05) is 65.6 Å². The second kappa shape index (κ2) is 7.72. The standard InChI is InChI=1S/C21H22N4O2/c1-16(20-22-19(23-27-20)17-8-4-2-5-9-17)24-12-14-25(15-13-24)21(26)18-10-6-3-7-11-18/h2-11,16H,12-15H2,1H3/t16-/m1/s1. The van der Waals surface area contributed by atoms with E-state index in [1.165, 1.54) is 0 Å². The van der Waals surface area contributed by atoms with Crippen molar-refractivity contribution >= 4 is 5.91 Å². The van der Waals surface area contributed by atoms with E-state index in [0.29, 0.717) is 24.8 Å². The molecule has 2 heterocycles. The van der Waals surface area contributed by atoms with Gasteiger partial charge in [0.25, 0.3) is 5.91 Å². The molecule has 1 aliphatic heterocycles. The SMILES string of the molecule is C[C@H](c1nc(-c2ccccc2)no1)N1CCN(C(=O)c2ccccc2)CC1. The molecule has 0 N–H and O–H groups in total. The first-order valence-corrected chi connectivity index (χ1v) is 9.20. The van der Waals surface area contributed by atoms with E-state index >= 15 is 0 Å². The summed E-state index contributed by atoms with van der Waals surface area (Å²) >= 11 is 0. The lowest BCUT2D eigenvalue weighted by Crippen LogP contribution is -2.49. The van der Waals surface area contributed by atoms with Crippen LogP contribution in [0.25, 0.3) is 11.4 Å². The number of benzene rings is 2. The zero-order chi connectivity index (χ0) is 18.6. The normalized spacial score (nSPS) is 16.3. The molecule has 0 aliphatic carbocycles. The largest absolute Gasteiger partial charge is 0.337 e. The number of hydrogen-bond donors (Lipinski definition) is 0. The van der Waals surface area contributed by atoms with Crippen molar-refractivity contribution in [1.29, 1.82) is 0 Å². The number of rotatable bonds is 4. The van der Waals surface area contributed by atoms with E-state index in [4.69, 9.17) is 4.52 Å². The van der Waals surface area contributed by atoms with Crippen molar-refractivity contribution in [3.8, 4) is 11.4 Å². The average Bonchev–Trinajstić information content (AvgIpc) is 3.24. The summed E-state index contributed by atoms with van der Waals surface area (Å²) in [5.74, 6) is 1.30. The van der Waals surface area contributed by atoms with Gasteiger partial charge in [0, 0.05) is 37.3 Å². The number of amides is 1. The summed E-state index contributed by atoms with van der Waals surface area (Å²) in [6.45, 7) is 5.01. The molecule has 1 amide bonds. The van der Waals surface area contributed by atoms with Gasteiger partial charge in [-0.2, -0.15) is 4.98 Å². The molecule has 1 saturated heterocycles. The molecule has 1 aromatic heterocycles. The van der Waals surface area contributed by atoms with E-state index in [2.05, 4.69) is 22.0 Å². The van der Waals surface area contributed by atoms with Gasteiger partial charge in [-0.3, -0.25) is 9.69 Å². The molecule has 138 valence electrons. The predicted molar refractivity (Wildman–Crippen MR) is 102 cm³/mol. The van der Waals surface area contributed by atoms with Crippen LogP contribution >= 0.6 is 0 Å². The fourth-order valence-electron chi connectivity index (χ4n) is 3.34. The van der Waals surface area contributed by atoms with Crippen LogP contribution in [-0.4, -0.2) is 52.0 Å². The van der Waals surface area contributed by atoms with Gasteiger partial charge in [0.05, 0.1) is 6.04 Å².